The first-order valence-electron chi connectivity index (χ1n) is 9.46. The summed E-state index contributed by atoms with van der Waals surface area (Å²) in [5, 5.41) is 3.36. The lowest BCUT2D eigenvalue weighted by Crippen LogP contribution is -3.13. The van der Waals surface area contributed by atoms with E-state index in [4.69, 9.17) is 9.72 Å². The van der Waals surface area contributed by atoms with Gasteiger partial charge in [0.05, 0.1) is 39.0 Å². The summed E-state index contributed by atoms with van der Waals surface area (Å²) >= 11 is 1.76. The van der Waals surface area contributed by atoms with E-state index in [-0.39, 0.29) is 0 Å². The fourth-order valence-electron chi connectivity index (χ4n) is 3.71. The Morgan fingerprint density at radius 3 is 2.59 bits per heavy atom. The SMILES string of the molecule is COc1ccccc1N1CC[NH+](Cc2csc(-c3ccccc3C)n2)CC1. The van der Waals surface area contributed by atoms with E-state index in [0.717, 1.165) is 43.5 Å². The molecule has 1 aliphatic heterocycles. The molecule has 3 aromatic rings. The zero-order valence-electron chi connectivity index (χ0n) is 15.9. The van der Waals surface area contributed by atoms with Crippen molar-refractivity contribution < 1.29 is 9.64 Å². The van der Waals surface area contributed by atoms with Gasteiger partial charge in [0.1, 0.15) is 23.0 Å². The number of piperazine rings is 1. The molecule has 5 heteroatoms. The summed E-state index contributed by atoms with van der Waals surface area (Å²) in [5.74, 6) is 0.961. The second kappa shape index (κ2) is 8.11. The van der Waals surface area contributed by atoms with Gasteiger partial charge in [-0.25, -0.2) is 4.98 Å². The third-order valence-corrected chi connectivity index (χ3v) is 6.18. The summed E-state index contributed by atoms with van der Waals surface area (Å²) in [4.78, 5) is 8.94. The Hall–Kier alpha value is -2.37. The number of nitrogens with one attached hydrogen (secondary N) is 1. The van der Waals surface area contributed by atoms with Crippen LogP contribution in [0.5, 0.6) is 5.75 Å². The van der Waals surface area contributed by atoms with Gasteiger partial charge in [0.25, 0.3) is 0 Å². The Morgan fingerprint density at radius 1 is 1.07 bits per heavy atom. The lowest BCUT2D eigenvalue weighted by molar-refractivity contribution is -0.914. The first kappa shape index (κ1) is 18.0. The number of thiazole rings is 1. The molecular formula is C22H26N3OS+. The zero-order valence-corrected chi connectivity index (χ0v) is 16.8. The summed E-state index contributed by atoms with van der Waals surface area (Å²) in [5.41, 5.74) is 4.95. The molecule has 4 rings (SSSR count). The van der Waals surface area contributed by atoms with Crippen molar-refractivity contribution in [1.82, 2.24) is 4.98 Å². The highest BCUT2D eigenvalue weighted by Crippen LogP contribution is 2.28. The predicted octanol–water partition coefficient (Wildman–Crippen LogP) is 3.03. The van der Waals surface area contributed by atoms with E-state index in [0.29, 0.717) is 0 Å². The van der Waals surface area contributed by atoms with Crippen LogP contribution < -0.4 is 14.5 Å². The number of anilines is 1. The van der Waals surface area contributed by atoms with Crippen LogP contribution in [0.1, 0.15) is 11.3 Å². The van der Waals surface area contributed by atoms with Gasteiger partial charge < -0.3 is 14.5 Å². The molecule has 2 aromatic carbocycles. The predicted molar refractivity (Wildman–Crippen MR) is 112 cm³/mol. The van der Waals surface area contributed by atoms with Crippen molar-refractivity contribution in [3.8, 4) is 16.3 Å². The lowest BCUT2D eigenvalue weighted by Gasteiger charge is -2.34. The van der Waals surface area contributed by atoms with E-state index in [9.17, 15) is 0 Å². The number of benzene rings is 2. The number of methoxy groups -OCH3 is 1. The van der Waals surface area contributed by atoms with Gasteiger partial charge in [0.15, 0.2) is 0 Å². The van der Waals surface area contributed by atoms with Gasteiger partial charge in [-0.3, -0.25) is 0 Å². The minimum atomic E-state index is 0.961. The molecule has 0 spiro atoms. The maximum Gasteiger partial charge on any atom is 0.142 e. The Kier molecular flexibility index (Phi) is 5.41. The van der Waals surface area contributed by atoms with Crippen molar-refractivity contribution in [3.05, 3.63) is 65.2 Å². The van der Waals surface area contributed by atoms with Crippen LogP contribution in [0.3, 0.4) is 0 Å². The lowest BCUT2D eigenvalue weighted by atomic mass is 10.1. The van der Waals surface area contributed by atoms with Crippen molar-refractivity contribution in [2.75, 3.05) is 38.2 Å². The highest BCUT2D eigenvalue weighted by molar-refractivity contribution is 7.13. The first-order chi connectivity index (χ1) is 13.2. The number of ether oxygens (including phenoxy) is 1. The first-order valence-corrected chi connectivity index (χ1v) is 10.3. The molecule has 2 heterocycles. The van der Waals surface area contributed by atoms with Gasteiger partial charge in [-0.15, -0.1) is 11.3 Å². The molecule has 1 N–H and O–H groups in total. The number of para-hydroxylation sites is 2. The van der Waals surface area contributed by atoms with Gasteiger partial charge in [0, 0.05) is 10.9 Å². The molecule has 1 saturated heterocycles. The summed E-state index contributed by atoms with van der Waals surface area (Å²) in [6, 6.07) is 16.8. The highest BCUT2D eigenvalue weighted by atomic mass is 32.1. The largest absolute Gasteiger partial charge is 0.495 e. The molecule has 140 valence electrons. The van der Waals surface area contributed by atoms with Crippen LogP contribution >= 0.6 is 11.3 Å². The quantitative estimate of drug-likeness (QED) is 0.738. The molecule has 0 radical (unpaired) electrons. The number of hydrogen-bond acceptors (Lipinski definition) is 4. The van der Waals surface area contributed by atoms with E-state index in [1.54, 1.807) is 23.3 Å². The van der Waals surface area contributed by atoms with Crippen molar-refractivity contribution in [3.63, 3.8) is 0 Å². The molecular weight excluding hydrogens is 354 g/mol. The third-order valence-electron chi connectivity index (χ3n) is 5.25. The smallest absolute Gasteiger partial charge is 0.142 e. The monoisotopic (exact) mass is 380 g/mol. The standard InChI is InChI=1S/C22H25N3OS/c1-17-7-3-4-8-19(17)22-23-18(16-27-22)15-24-11-13-25(14-12-24)20-9-5-6-10-21(20)26-2/h3-10,16H,11-15H2,1-2H3/p+1. The summed E-state index contributed by atoms with van der Waals surface area (Å²) in [6.07, 6.45) is 0. The Labute approximate surface area is 165 Å². The number of nitrogens with zero attached hydrogens (tertiary/aromatic N) is 2. The molecule has 0 saturated carbocycles. The number of rotatable bonds is 5. The fraction of sp³-hybridized carbons (Fsp3) is 0.318. The van der Waals surface area contributed by atoms with Crippen LogP contribution in [-0.4, -0.2) is 38.3 Å². The number of aryl methyl sites for hydroxylation is 1. The minimum absolute atomic E-state index is 0.961. The van der Waals surface area contributed by atoms with Crippen LogP contribution in [0.25, 0.3) is 10.6 Å². The summed E-state index contributed by atoms with van der Waals surface area (Å²) in [6.45, 7) is 7.49. The topological polar surface area (TPSA) is 29.8 Å². The third kappa shape index (κ3) is 3.99. The van der Waals surface area contributed by atoms with Crippen molar-refractivity contribution in [2.45, 2.75) is 13.5 Å². The summed E-state index contributed by atoms with van der Waals surface area (Å²) < 4.78 is 5.52. The van der Waals surface area contributed by atoms with E-state index in [1.807, 2.05) is 12.1 Å². The molecule has 1 fully saturated rings. The number of aromatic nitrogens is 1. The number of quaternary nitrogens is 1. The van der Waals surface area contributed by atoms with E-state index in [2.05, 4.69) is 53.6 Å². The fourth-order valence-corrected chi connectivity index (χ4v) is 4.62. The van der Waals surface area contributed by atoms with E-state index >= 15 is 0 Å². The van der Waals surface area contributed by atoms with Crippen LogP contribution in [0.15, 0.2) is 53.9 Å². The van der Waals surface area contributed by atoms with Crippen LogP contribution in [-0.2, 0) is 6.54 Å². The average Bonchev–Trinajstić information content (AvgIpc) is 3.17. The number of hydrogen-bond donors (Lipinski definition) is 1. The van der Waals surface area contributed by atoms with Gasteiger partial charge in [-0.2, -0.15) is 0 Å². The Bertz CT molecular complexity index is 900. The van der Waals surface area contributed by atoms with Gasteiger partial charge >= 0.3 is 0 Å². The second-order valence-electron chi connectivity index (χ2n) is 7.04. The second-order valence-corrected chi connectivity index (χ2v) is 7.90. The zero-order chi connectivity index (χ0) is 18.6. The molecule has 0 bridgehead atoms. The van der Waals surface area contributed by atoms with Crippen LogP contribution in [0, 0.1) is 6.92 Å². The maximum absolute atomic E-state index is 5.52. The molecule has 4 nitrogen and oxygen atoms in total. The van der Waals surface area contributed by atoms with Crippen molar-refractivity contribution in [2.24, 2.45) is 0 Å². The molecule has 0 amide bonds. The van der Waals surface area contributed by atoms with E-state index < -0.39 is 0 Å². The van der Waals surface area contributed by atoms with Crippen molar-refractivity contribution in [1.29, 1.82) is 0 Å². The van der Waals surface area contributed by atoms with Crippen molar-refractivity contribution >= 4 is 17.0 Å². The molecule has 0 unspecified atom stereocenters. The van der Waals surface area contributed by atoms with E-state index in [1.165, 1.54) is 22.5 Å². The Balaban J connectivity index is 1.38. The van der Waals surface area contributed by atoms with Crippen LogP contribution in [0.4, 0.5) is 5.69 Å². The molecule has 0 aliphatic carbocycles. The minimum Gasteiger partial charge on any atom is -0.495 e. The Morgan fingerprint density at radius 2 is 1.81 bits per heavy atom. The van der Waals surface area contributed by atoms with Gasteiger partial charge in [-0.05, 0) is 24.6 Å². The average molecular weight is 381 g/mol. The van der Waals surface area contributed by atoms with Gasteiger partial charge in [-0.1, -0.05) is 36.4 Å². The molecule has 27 heavy (non-hydrogen) atoms. The van der Waals surface area contributed by atoms with Gasteiger partial charge in [0.2, 0.25) is 0 Å². The maximum atomic E-state index is 5.52. The highest BCUT2D eigenvalue weighted by Gasteiger charge is 2.23. The normalized spacial score (nSPS) is 15.1. The molecule has 0 atom stereocenters. The van der Waals surface area contributed by atoms with Crippen LogP contribution in [0.2, 0.25) is 0 Å². The molecule has 1 aliphatic rings. The summed E-state index contributed by atoms with van der Waals surface area (Å²) in [7, 11) is 1.74. The molecule has 1 aromatic heterocycles.